The molecule has 0 fully saturated rings. The molecule has 0 aliphatic carbocycles. The second-order valence-corrected chi connectivity index (χ2v) is 9.38. The Balaban J connectivity index is 1.74. The highest BCUT2D eigenvalue weighted by Crippen LogP contribution is 2.26. The number of anilines is 1. The molecule has 1 heterocycles. The molecule has 3 rings (SSSR count). The van der Waals surface area contributed by atoms with Gasteiger partial charge in [0.2, 0.25) is 5.91 Å². The lowest BCUT2D eigenvalue weighted by atomic mass is 10.0. The van der Waals surface area contributed by atoms with Gasteiger partial charge in [-0.15, -0.1) is 16.8 Å². The number of amides is 2. The predicted octanol–water partition coefficient (Wildman–Crippen LogP) is 4.94. The molecule has 8 heteroatoms. The molecule has 0 bridgehead atoms. The molecule has 7 nitrogen and oxygen atoms in total. The van der Waals surface area contributed by atoms with E-state index < -0.39 is 0 Å². The number of rotatable bonds is 10. The molecule has 178 valence electrons. The topological polar surface area (TPSA) is 88.9 Å². The van der Waals surface area contributed by atoms with Gasteiger partial charge in [-0.1, -0.05) is 56.0 Å². The van der Waals surface area contributed by atoms with Crippen LogP contribution in [0.1, 0.15) is 47.2 Å². The zero-order valence-electron chi connectivity index (χ0n) is 20.0. The van der Waals surface area contributed by atoms with Crippen molar-refractivity contribution in [3.8, 4) is 0 Å². The number of nitrogens with one attached hydrogen (secondary N) is 2. The van der Waals surface area contributed by atoms with Crippen molar-refractivity contribution in [1.82, 2.24) is 20.1 Å². The predicted molar refractivity (Wildman–Crippen MR) is 137 cm³/mol. The minimum Gasteiger partial charge on any atom is -0.342 e. The van der Waals surface area contributed by atoms with E-state index >= 15 is 0 Å². The lowest BCUT2D eigenvalue weighted by Gasteiger charge is -2.22. The summed E-state index contributed by atoms with van der Waals surface area (Å²) in [6.45, 7) is 12.4. The van der Waals surface area contributed by atoms with E-state index in [1.54, 1.807) is 18.2 Å². The second-order valence-electron chi connectivity index (χ2n) is 8.44. The highest BCUT2D eigenvalue weighted by Gasteiger charge is 2.26. The van der Waals surface area contributed by atoms with Crippen LogP contribution in [0.3, 0.4) is 0 Å². The number of benzene rings is 2. The van der Waals surface area contributed by atoms with Crippen molar-refractivity contribution in [2.75, 3.05) is 11.1 Å². The Morgan fingerprint density at radius 3 is 2.47 bits per heavy atom. The largest absolute Gasteiger partial charge is 0.342 e. The smallest absolute Gasteiger partial charge is 0.251 e. The lowest BCUT2D eigenvalue weighted by molar-refractivity contribution is -0.113. The van der Waals surface area contributed by atoms with Gasteiger partial charge in [0.1, 0.15) is 0 Å². The van der Waals surface area contributed by atoms with Crippen LogP contribution in [0.2, 0.25) is 0 Å². The molecular weight excluding hydrogens is 446 g/mol. The van der Waals surface area contributed by atoms with Crippen molar-refractivity contribution in [2.45, 2.75) is 45.4 Å². The normalized spacial score (nSPS) is 11.8. The van der Waals surface area contributed by atoms with Gasteiger partial charge in [0.25, 0.3) is 5.91 Å². The Hall–Kier alpha value is -3.39. The maximum atomic E-state index is 12.8. The van der Waals surface area contributed by atoms with Crippen molar-refractivity contribution < 1.29 is 9.59 Å². The minimum absolute atomic E-state index is 0.0753. The molecule has 0 aliphatic rings. The molecule has 0 spiro atoms. The van der Waals surface area contributed by atoms with E-state index in [0.717, 1.165) is 11.3 Å². The summed E-state index contributed by atoms with van der Waals surface area (Å²) in [7, 11) is 0. The summed E-state index contributed by atoms with van der Waals surface area (Å²) in [5.74, 6) is 0.600. The number of carbonyl (C=O) groups excluding carboxylic acids is 2. The molecule has 34 heavy (non-hydrogen) atoms. The van der Waals surface area contributed by atoms with E-state index in [2.05, 4.69) is 27.4 Å². The second kappa shape index (κ2) is 11.7. The van der Waals surface area contributed by atoms with Gasteiger partial charge in [-0.2, -0.15) is 0 Å². The maximum absolute atomic E-state index is 12.8. The van der Waals surface area contributed by atoms with Crippen molar-refractivity contribution in [3.05, 3.63) is 83.7 Å². The van der Waals surface area contributed by atoms with Crippen molar-refractivity contribution >= 4 is 29.3 Å². The third-order valence-electron chi connectivity index (χ3n) is 5.45. The van der Waals surface area contributed by atoms with Gasteiger partial charge in [0.05, 0.1) is 11.8 Å². The van der Waals surface area contributed by atoms with Gasteiger partial charge in [0.15, 0.2) is 11.0 Å². The highest BCUT2D eigenvalue weighted by molar-refractivity contribution is 7.99. The Morgan fingerprint density at radius 1 is 1.09 bits per heavy atom. The summed E-state index contributed by atoms with van der Waals surface area (Å²) in [4.78, 5) is 25.3. The fourth-order valence-electron chi connectivity index (χ4n) is 3.43. The third-order valence-corrected chi connectivity index (χ3v) is 6.41. The molecule has 2 amide bonds. The Kier molecular flexibility index (Phi) is 8.65. The first kappa shape index (κ1) is 25.2. The molecule has 1 atom stereocenters. The SMILES string of the molecule is C=CCn1c(SCC(=O)Nc2ccc(C)c(C)c2)nnc1[C@H](NC(=O)c1ccccc1)C(C)C. The van der Waals surface area contributed by atoms with Gasteiger partial charge >= 0.3 is 0 Å². The maximum Gasteiger partial charge on any atom is 0.251 e. The number of aromatic nitrogens is 3. The number of aryl methyl sites for hydroxylation is 2. The van der Waals surface area contributed by atoms with Crippen LogP contribution in [0.4, 0.5) is 5.69 Å². The standard InChI is InChI=1S/C26H31N5O2S/c1-6-14-31-24(23(17(2)3)28-25(33)20-10-8-7-9-11-20)29-30-26(31)34-16-22(32)27-21-13-12-18(4)19(5)15-21/h6-13,15,17,23H,1,14,16H2,2-5H3,(H,27,32)(H,28,33)/t23-/m1/s1. The van der Waals surface area contributed by atoms with Crippen LogP contribution >= 0.6 is 11.8 Å². The summed E-state index contributed by atoms with van der Waals surface area (Å²) < 4.78 is 1.90. The van der Waals surface area contributed by atoms with Crippen LogP contribution in [0.15, 0.2) is 66.3 Å². The zero-order chi connectivity index (χ0) is 24.7. The highest BCUT2D eigenvalue weighted by atomic mass is 32.2. The van der Waals surface area contributed by atoms with Crippen LogP contribution < -0.4 is 10.6 Å². The van der Waals surface area contributed by atoms with Crippen LogP contribution in [0.25, 0.3) is 0 Å². The fourth-order valence-corrected chi connectivity index (χ4v) is 4.18. The van der Waals surface area contributed by atoms with Crippen molar-refractivity contribution in [1.29, 1.82) is 0 Å². The van der Waals surface area contributed by atoms with Gasteiger partial charge in [-0.3, -0.25) is 9.59 Å². The molecular formula is C26H31N5O2S. The molecule has 0 radical (unpaired) electrons. The monoisotopic (exact) mass is 477 g/mol. The molecule has 2 aromatic carbocycles. The Labute approximate surface area is 205 Å². The number of hydrogen-bond acceptors (Lipinski definition) is 5. The summed E-state index contributed by atoms with van der Waals surface area (Å²) in [6, 6.07) is 14.6. The number of allylic oxidation sites excluding steroid dienone is 1. The van der Waals surface area contributed by atoms with Gasteiger partial charge in [0, 0.05) is 17.8 Å². The molecule has 0 saturated carbocycles. The van der Waals surface area contributed by atoms with E-state index in [4.69, 9.17) is 0 Å². The summed E-state index contributed by atoms with van der Waals surface area (Å²) >= 11 is 1.30. The quantitative estimate of drug-likeness (QED) is 0.319. The molecule has 0 aliphatic heterocycles. The van der Waals surface area contributed by atoms with Crippen LogP contribution in [0, 0.1) is 19.8 Å². The van der Waals surface area contributed by atoms with Crippen molar-refractivity contribution in [2.24, 2.45) is 5.92 Å². The molecule has 1 aromatic heterocycles. The summed E-state index contributed by atoms with van der Waals surface area (Å²) in [5, 5.41) is 15.3. The van der Waals surface area contributed by atoms with Crippen LogP contribution in [0.5, 0.6) is 0 Å². The number of nitrogens with zero attached hydrogens (tertiary/aromatic N) is 3. The molecule has 2 N–H and O–H groups in total. The van der Waals surface area contributed by atoms with E-state index in [1.807, 2.05) is 68.7 Å². The van der Waals surface area contributed by atoms with E-state index in [9.17, 15) is 9.59 Å². The Bertz CT molecular complexity index is 1160. The minimum atomic E-state index is -0.348. The van der Waals surface area contributed by atoms with E-state index in [-0.39, 0.29) is 29.5 Å². The van der Waals surface area contributed by atoms with Crippen LogP contribution in [-0.4, -0.2) is 32.3 Å². The first-order valence-electron chi connectivity index (χ1n) is 11.2. The molecule has 0 saturated heterocycles. The fraction of sp³-hybridized carbons (Fsp3) is 0.308. The van der Waals surface area contributed by atoms with E-state index in [1.165, 1.54) is 17.3 Å². The number of thioether (sulfide) groups is 1. The summed E-state index contributed by atoms with van der Waals surface area (Å²) in [5.41, 5.74) is 3.65. The third kappa shape index (κ3) is 6.35. The van der Waals surface area contributed by atoms with Gasteiger partial charge in [-0.25, -0.2) is 0 Å². The lowest BCUT2D eigenvalue weighted by Crippen LogP contribution is -2.33. The molecule has 3 aromatic rings. The zero-order valence-corrected chi connectivity index (χ0v) is 20.9. The first-order chi connectivity index (χ1) is 16.3. The van der Waals surface area contributed by atoms with Crippen molar-refractivity contribution in [3.63, 3.8) is 0 Å². The van der Waals surface area contributed by atoms with E-state index in [0.29, 0.717) is 23.1 Å². The average molecular weight is 478 g/mol. The van der Waals surface area contributed by atoms with Gasteiger partial charge < -0.3 is 15.2 Å². The van der Waals surface area contributed by atoms with Crippen LogP contribution in [-0.2, 0) is 11.3 Å². The average Bonchev–Trinajstić information content (AvgIpc) is 3.21. The first-order valence-corrected chi connectivity index (χ1v) is 12.2. The molecule has 0 unspecified atom stereocenters. The summed E-state index contributed by atoms with van der Waals surface area (Å²) in [6.07, 6.45) is 1.75. The van der Waals surface area contributed by atoms with Gasteiger partial charge in [-0.05, 0) is 55.2 Å². The number of hydrogen-bond donors (Lipinski definition) is 2. The number of carbonyl (C=O) groups is 2. The Morgan fingerprint density at radius 2 is 1.82 bits per heavy atom.